The largest absolute Gasteiger partial charge is 0.351 e. The van der Waals surface area contributed by atoms with Crippen molar-refractivity contribution >= 4 is 11.3 Å². The minimum Gasteiger partial charge on any atom is -0.351 e. The van der Waals surface area contributed by atoms with E-state index in [0.29, 0.717) is 0 Å². The van der Waals surface area contributed by atoms with Gasteiger partial charge in [0.25, 0.3) is 0 Å². The Balaban J connectivity index is 2.26. The van der Waals surface area contributed by atoms with Crippen LogP contribution in [0, 0.1) is 6.92 Å². The van der Waals surface area contributed by atoms with Crippen LogP contribution < -0.4 is 4.90 Å². The van der Waals surface area contributed by atoms with E-state index in [1.165, 1.54) is 22.4 Å². The number of aryl methyl sites for hydroxylation is 1. The topological polar surface area (TPSA) is 3.24 Å². The second-order valence-electron chi connectivity index (χ2n) is 4.82. The monoisotopic (exact) mass is 251 g/mol. The summed E-state index contributed by atoms with van der Waals surface area (Å²) in [5.41, 5.74) is 5.17. The van der Waals surface area contributed by atoms with Crippen molar-refractivity contribution in [3.8, 4) is 0 Å². The third-order valence-corrected chi connectivity index (χ3v) is 3.32. The van der Waals surface area contributed by atoms with Crippen LogP contribution in [0.1, 0.15) is 24.5 Å². The number of para-hydroxylation sites is 1. The van der Waals surface area contributed by atoms with Crippen LogP contribution in [0.2, 0.25) is 0 Å². The lowest BCUT2D eigenvalue weighted by Crippen LogP contribution is -2.08. The van der Waals surface area contributed by atoms with Gasteiger partial charge in [-0.05, 0) is 36.6 Å². The molecular formula is C18H21N. The van der Waals surface area contributed by atoms with Gasteiger partial charge in [0.2, 0.25) is 0 Å². The molecule has 0 amide bonds. The van der Waals surface area contributed by atoms with E-state index in [0.717, 1.165) is 6.42 Å². The van der Waals surface area contributed by atoms with Crippen molar-refractivity contribution in [2.75, 3.05) is 11.9 Å². The summed E-state index contributed by atoms with van der Waals surface area (Å²) < 4.78 is 0. The molecule has 1 nitrogen and oxygen atoms in total. The highest BCUT2D eigenvalue weighted by Gasteiger charge is 2.02. The molecule has 0 aliphatic carbocycles. The minimum atomic E-state index is 1.03. The van der Waals surface area contributed by atoms with E-state index in [4.69, 9.17) is 0 Å². The maximum Gasteiger partial charge on any atom is 0.0403 e. The highest BCUT2D eigenvalue weighted by Crippen LogP contribution is 2.21. The highest BCUT2D eigenvalue weighted by molar-refractivity contribution is 5.68. The van der Waals surface area contributed by atoms with Crippen LogP contribution in [0.15, 0.2) is 60.8 Å². The molecule has 0 saturated heterocycles. The predicted molar refractivity (Wildman–Crippen MR) is 84.3 cm³/mol. The summed E-state index contributed by atoms with van der Waals surface area (Å²) in [7, 11) is 2.10. The molecule has 0 spiro atoms. The van der Waals surface area contributed by atoms with Crippen molar-refractivity contribution in [1.82, 2.24) is 0 Å². The number of rotatable bonds is 4. The van der Waals surface area contributed by atoms with Crippen molar-refractivity contribution in [2.24, 2.45) is 0 Å². The van der Waals surface area contributed by atoms with E-state index < -0.39 is 0 Å². The molecule has 0 bridgehead atoms. The van der Waals surface area contributed by atoms with Gasteiger partial charge < -0.3 is 4.90 Å². The Bertz CT molecular complexity index is 538. The number of benzene rings is 2. The van der Waals surface area contributed by atoms with Gasteiger partial charge in [-0.3, -0.25) is 0 Å². The van der Waals surface area contributed by atoms with Gasteiger partial charge in [0.05, 0.1) is 0 Å². The fourth-order valence-corrected chi connectivity index (χ4v) is 2.11. The molecule has 19 heavy (non-hydrogen) atoms. The summed E-state index contributed by atoms with van der Waals surface area (Å²) in [6, 6.07) is 19.2. The van der Waals surface area contributed by atoms with Crippen LogP contribution >= 0.6 is 0 Å². The smallest absolute Gasteiger partial charge is 0.0403 e. The molecule has 0 saturated carbocycles. The van der Waals surface area contributed by atoms with Gasteiger partial charge >= 0.3 is 0 Å². The Kier molecular flexibility index (Phi) is 4.40. The quantitative estimate of drug-likeness (QED) is 0.748. The molecule has 0 aliphatic rings. The third-order valence-electron chi connectivity index (χ3n) is 3.32. The molecule has 0 radical (unpaired) electrons. The molecule has 0 unspecified atom stereocenters. The summed E-state index contributed by atoms with van der Waals surface area (Å²) in [5.74, 6) is 0. The molecule has 0 fully saturated rings. The zero-order chi connectivity index (χ0) is 13.7. The first-order valence-corrected chi connectivity index (χ1v) is 6.76. The Labute approximate surface area is 116 Å². The number of nitrogens with zero attached hydrogens (tertiary/aromatic N) is 1. The number of allylic oxidation sites excluding steroid dienone is 1. The van der Waals surface area contributed by atoms with E-state index in [9.17, 15) is 0 Å². The second-order valence-corrected chi connectivity index (χ2v) is 4.82. The van der Waals surface area contributed by atoms with Gasteiger partial charge in [-0.15, -0.1) is 0 Å². The lowest BCUT2D eigenvalue weighted by atomic mass is 10.0. The zero-order valence-corrected chi connectivity index (χ0v) is 11.9. The average molecular weight is 251 g/mol. The van der Waals surface area contributed by atoms with E-state index in [1.54, 1.807) is 0 Å². The molecule has 98 valence electrons. The number of hydrogen-bond donors (Lipinski definition) is 0. The summed E-state index contributed by atoms with van der Waals surface area (Å²) in [5, 5.41) is 0. The first-order chi connectivity index (χ1) is 9.20. The van der Waals surface area contributed by atoms with Gasteiger partial charge in [-0.25, -0.2) is 0 Å². The van der Waals surface area contributed by atoms with Crippen LogP contribution in [-0.4, -0.2) is 7.05 Å². The SMILES string of the molecule is CC/C(=C\N(C)c1ccccc1)c1ccc(C)cc1. The fraction of sp³-hybridized carbons (Fsp3) is 0.222. The van der Waals surface area contributed by atoms with Crippen molar-refractivity contribution in [1.29, 1.82) is 0 Å². The lowest BCUT2D eigenvalue weighted by Gasteiger charge is -2.17. The molecule has 0 aliphatic heterocycles. The van der Waals surface area contributed by atoms with Crippen LogP contribution in [0.25, 0.3) is 5.57 Å². The highest BCUT2D eigenvalue weighted by atomic mass is 15.1. The van der Waals surface area contributed by atoms with E-state index in [-0.39, 0.29) is 0 Å². The van der Waals surface area contributed by atoms with Crippen LogP contribution in [0.5, 0.6) is 0 Å². The molecule has 0 aromatic heterocycles. The molecular weight excluding hydrogens is 230 g/mol. The van der Waals surface area contributed by atoms with Crippen molar-refractivity contribution in [2.45, 2.75) is 20.3 Å². The average Bonchev–Trinajstić information content (AvgIpc) is 2.46. The number of anilines is 1. The van der Waals surface area contributed by atoms with Gasteiger partial charge in [-0.1, -0.05) is 55.0 Å². The van der Waals surface area contributed by atoms with E-state index in [1.807, 2.05) is 6.07 Å². The molecule has 2 aromatic carbocycles. The maximum atomic E-state index is 2.22. The molecule has 0 atom stereocenters. The maximum absolute atomic E-state index is 2.22. The van der Waals surface area contributed by atoms with Crippen LogP contribution in [-0.2, 0) is 0 Å². The Hall–Kier alpha value is -2.02. The molecule has 2 rings (SSSR count). The van der Waals surface area contributed by atoms with Crippen molar-refractivity contribution in [3.63, 3.8) is 0 Å². The van der Waals surface area contributed by atoms with Gasteiger partial charge in [0.15, 0.2) is 0 Å². The summed E-state index contributed by atoms with van der Waals surface area (Å²) in [6.45, 7) is 4.32. The predicted octanol–water partition coefficient (Wildman–Crippen LogP) is 4.88. The molecule has 0 heterocycles. The minimum absolute atomic E-state index is 1.03. The summed E-state index contributed by atoms with van der Waals surface area (Å²) in [6.07, 6.45) is 3.25. The van der Waals surface area contributed by atoms with E-state index in [2.05, 4.69) is 80.5 Å². The summed E-state index contributed by atoms with van der Waals surface area (Å²) >= 11 is 0. The van der Waals surface area contributed by atoms with Gasteiger partial charge in [0, 0.05) is 18.9 Å². The second kappa shape index (κ2) is 6.24. The van der Waals surface area contributed by atoms with Crippen molar-refractivity contribution in [3.05, 3.63) is 71.9 Å². The van der Waals surface area contributed by atoms with E-state index >= 15 is 0 Å². The lowest BCUT2D eigenvalue weighted by molar-refractivity contribution is 1.16. The number of hydrogen-bond acceptors (Lipinski definition) is 1. The molecule has 0 N–H and O–H groups in total. The zero-order valence-electron chi connectivity index (χ0n) is 11.9. The Morgan fingerprint density at radius 3 is 2.21 bits per heavy atom. The molecule has 2 aromatic rings. The van der Waals surface area contributed by atoms with Gasteiger partial charge in [0.1, 0.15) is 0 Å². The fourth-order valence-electron chi connectivity index (χ4n) is 2.11. The standard InChI is InChI=1S/C18H21N/c1-4-16(17-12-10-15(2)11-13-17)14-19(3)18-8-6-5-7-9-18/h5-14H,4H2,1-3H3/b16-14+. The third kappa shape index (κ3) is 3.47. The molecule has 1 heteroatoms. The Morgan fingerprint density at radius 2 is 1.63 bits per heavy atom. The van der Waals surface area contributed by atoms with Crippen molar-refractivity contribution < 1.29 is 0 Å². The first-order valence-electron chi connectivity index (χ1n) is 6.76. The Morgan fingerprint density at radius 1 is 1.00 bits per heavy atom. The van der Waals surface area contributed by atoms with Gasteiger partial charge in [-0.2, -0.15) is 0 Å². The first kappa shape index (κ1) is 13.4. The summed E-state index contributed by atoms with van der Waals surface area (Å²) in [4.78, 5) is 2.18. The normalized spacial score (nSPS) is 11.4. The van der Waals surface area contributed by atoms with Crippen LogP contribution in [0.3, 0.4) is 0 Å². The van der Waals surface area contributed by atoms with Crippen LogP contribution in [0.4, 0.5) is 5.69 Å².